The first-order valence-electron chi connectivity index (χ1n) is 4.24. The third kappa shape index (κ3) is 6.81. The van der Waals surface area contributed by atoms with Crippen molar-refractivity contribution in [3.05, 3.63) is 0 Å². The lowest BCUT2D eigenvalue weighted by atomic mass is 10.7. The Morgan fingerprint density at radius 2 is 1.88 bits per heavy atom. The van der Waals surface area contributed by atoms with Crippen molar-refractivity contribution in [2.24, 2.45) is 0 Å². The highest BCUT2D eigenvalue weighted by Gasteiger charge is 2.36. The van der Waals surface area contributed by atoms with Crippen LogP contribution in [0.2, 0.25) is 0 Å². The maximum absolute atomic E-state index is 11.8. The SMILES string of the molecule is CCOP(=O)(CC(=O)OC)OCC(F)(F)F. The number of carbonyl (C=O) groups excluding carboxylic acids is 1. The molecule has 16 heavy (non-hydrogen) atoms. The standard InChI is InChI=1S/C7H12F3O5P/c1-3-14-16(12,4-6(11)13-2)15-5-7(8,9)10/h3-5H2,1-2H3. The maximum atomic E-state index is 11.8. The van der Waals surface area contributed by atoms with Crippen LogP contribution in [-0.2, 0) is 23.1 Å². The molecular formula is C7H12F3O5P. The average molecular weight is 264 g/mol. The van der Waals surface area contributed by atoms with Gasteiger partial charge in [-0.3, -0.25) is 13.9 Å². The van der Waals surface area contributed by atoms with Crippen molar-refractivity contribution in [1.82, 2.24) is 0 Å². The molecule has 0 bridgehead atoms. The number of rotatable bonds is 6. The number of carbonyl (C=O) groups is 1. The number of hydrogen-bond donors (Lipinski definition) is 0. The van der Waals surface area contributed by atoms with Gasteiger partial charge in [0.25, 0.3) is 0 Å². The number of alkyl halides is 3. The molecule has 1 atom stereocenters. The molecule has 0 aromatic carbocycles. The minimum absolute atomic E-state index is 0.133. The summed E-state index contributed by atoms with van der Waals surface area (Å²) in [6, 6.07) is 0. The molecule has 0 radical (unpaired) electrons. The molecule has 0 aromatic heterocycles. The molecule has 0 heterocycles. The summed E-state index contributed by atoms with van der Waals surface area (Å²) in [5.41, 5.74) is 0. The highest BCUT2D eigenvalue weighted by Crippen LogP contribution is 2.48. The van der Waals surface area contributed by atoms with Crippen LogP contribution >= 0.6 is 7.60 Å². The van der Waals surface area contributed by atoms with Gasteiger partial charge in [0, 0.05) is 0 Å². The zero-order valence-electron chi connectivity index (χ0n) is 8.74. The van der Waals surface area contributed by atoms with Crippen LogP contribution in [0.15, 0.2) is 0 Å². The second-order valence-corrected chi connectivity index (χ2v) is 4.71. The Hall–Kier alpha value is -0.590. The predicted molar refractivity (Wildman–Crippen MR) is 48.1 cm³/mol. The molecule has 1 unspecified atom stereocenters. The fraction of sp³-hybridized carbons (Fsp3) is 0.857. The van der Waals surface area contributed by atoms with Gasteiger partial charge < -0.3 is 9.26 Å². The van der Waals surface area contributed by atoms with Crippen molar-refractivity contribution < 1.29 is 36.3 Å². The van der Waals surface area contributed by atoms with Crippen molar-refractivity contribution in [1.29, 1.82) is 0 Å². The van der Waals surface area contributed by atoms with Gasteiger partial charge in [-0.25, -0.2) is 0 Å². The number of esters is 1. The van der Waals surface area contributed by atoms with E-state index in [1.54, 1.807) is 0 Å². The molecular weight excluding hydrogens is 252 g/mol. The minimum Gasteiger partial charge on any atom is -0.469 e. The van der Waals surface area contributed by atoms with Gasteiger partial charge in [0.05, 0.1) is 13.7 Å². The van der Waals surface area contributed by atoms with Gasteiger partial charge in [0.15, 0.2) is 6.61 Å². The molecule has 0 aromatic rings. The molecule has 0 saturated carbocycles. The molecule has 0 amide bonds. The van der Waals surface area contributed by atoms with E-state index >= 15 is 0 Å². The first-order chi connectivity index (χ1) is 7.22. The second-order valence-electron chi connectivity index (χ2n) is 2.65. The molecule has 9 heteroatoms. The van der Waals surface area contributed by atoms with Crippen LogP contribution < -0.4 is 0 Å². The smallest absolute Gasteiger partial charge is 0.412 e. The molecule has 0 aliphatic heterocycles. The fourth-order valence-corrected chi connectivity index (χ4v) is 2.16. The lowest BCUT2D eigenvalue weighted by Crippen LogP contribution is -2.19. The van der Waals surface area contributed by atoms with E-state index in [4.69, 9.17) is 0 Å². The van der Waals surface area contributed by atoms with Crippen LogP contribution in [0, 0.1) is 0 Å². The summed E-state index contributed by atoms with van der Waals surface area (Å²) < 4.78 is 59.9. The van der Waals surface area contributed by atoms with E-state index in [2.05, 4.69) is 13.8 Å². The Labute approximate surface area is 90.4 Å². The number of halogens is 3. The van der Waals surface area contributed by atoms with Gasteiger partial charge in [-0.1, -0.05) is 0 Å². The van der Waals surface area contributed by atoms with E-state index in [0.29, 0.717) is 0 Å². The maximum Gasteiger partial charge on any atom is 0.412 e. The molecule has 5 nitrogen and oxygen atoms in total. The van der Waals surface area contributed by atoms with E-state index in [9.17, 15) is 22.5 Å². The van der Waals surface area contributed by atoms with Crippen LogP contribution in [0.5, 0.6) is 0 Å². The highest BCUT2D eigenvalue weighted by atomic mass is 31.2. The summed E-state index contributed by atoms with van der Waals surface area (Å²) in [6.45, 7) is -0.450. The van der Waals surface area contributed by atoms with Gasteiger partial charge in [-0.15, -0.1) is 0 Å². The summed E-state index contributed by atoms with van der Waals surface area (Å²) in [6.07, 6.45) is -5.48. The normalized spacial score (nSPS) is 15.6. The van der Waals surface area contributed by atoms with Gasteiger partial charge in [0.1, 0.15) is 6.16 Å². The van der Waals surface area contributed by atoms with Gasteiger partial charge >= 0.3 is 19.7 Å². The third-order valence-corrected chi connectivity index (χ3v) is 3.12. The Bertz CT molecular complexity index is 278. The van der Waals surface area contributed by atoms with Crippen molar-refractivity contribution in [2.75, 3.05) is 26.5 Å². The minimum atomic E-state index is -4.64. The molecule has 0 rings (SSSR count). The first kappa shape index (κ1) is 15.4. The Morgan fingerprint density at radius 3 is 2.25 bits per heavy atom. The summed E-state index contributed by atoms with van der Waals surface area (Å²) in [4.78, 5) is 10.8. The zero-order valence-corrected chi connectivity index (χ0v) is 9.64. The van der Waals surface area contributed by atoms with E-state index in [1.165, 1.54) is 6.92 Å². The van der Waals surface area contributed by atoms with Crippen molar-refractivity contribution in [3.8, 4) is 0 Å². The molecule has 96 valence electrons. The summed E-state index contributed by atoms with van der Waals surface area (Å²) >= 11 is 0. The van der Waals surface area contributed by atoms with Gasteiger partial charge in [0.2, 0.25) is 0 Å². The van der Waals surface area contributed by atoms with Crippen LogP contribution in [0.25, 0.3) is 0 Å². The largest absolute Gasteiger partial charge is 0.469 e. The van der Waals surface area contributed by atoms with Crippen molar-refractivity contribution in [2.45, 2.75) is 13.1 Å². The van der Waals surface area contributed by atoms with Gasteiger partial charge in [-0.2, -0.15) is 13.2 Å². The first-order valence-corrected chi connectivity index (χ1v) is 5.97. The summed E-state index contributed by atoms with van der Waals surface area (Å²) in [5, 5.41) is 0. The zero-order chi connectivity index (χ0) is 12.8. The molecule has 0 saturated heterocycles. The summed E-state index contributed by atoms with van der Waals surface area (Å²) in [5.74, 6) is -0.959. The van der Waals surface area contributed by atoms with Crippen LogP contribution in [0.4, 0.5) is 13.2 Å². The molecule has 0 N–H and O–H groups in total. The molecule has 0 aliphatic rings. The number of hydrogen-bond acceptors (Lipinski definition) is 5. The summed E-state index contributed by atoms with van der Waals surface area (Å²) in [7, 11) is -3.07. The predicted octanol–water partition coefficient (Wildman–Crippen LogP) is 1.97. The van der Waals surface area contributed by atoms with E-state index in [-0.39, 0.29) is 6.61 Å². The van der Waals surface area contributed by atoms with Crippen LogP contribution in [-0.4, -0.2) is 38.6 Å². The molecule has 0 spiro atoms. The monoisotopic (exact) mass is 264 g/mol. The van der Waals surface area contributed by atoms with Crippen molar-refractivity contribution in [3.63, 3.8) is 0 Å². The molecule has 0 aliphatic carbocycles. The van der Waals surface area contributed by atoms with Crippen molar-refractivity contribution >= 4 is 13.6 Å². The van der Waals surface area contributed by atoms with Gasteiger partial charge in [-0.05, 0) is 6.92 Å². The lowest BCUT2D eigenvalue weighted by molar-refractivity contribution is -0.156. The number of ether oxygens (including phenoxy) is 1. The molecule has 0 fully saturated rings. The van der Waals surface area contributed by atoms with E-state index < -0.39 is 32.5 Å². The van der Waals surface area contributed by atoms with Crippen LogP contribution in [0.3, 0.4) is 0 Å². The number of methoxy groups -OCH3 is 1. The fourth-order valence-electron chi connectivity index (χ4n) is 0.719. The third-order valence-electron chi connectivity index (χ3n) is 1.30. The highest BCUT2D eigenvalue weighted by molar-refractivity contribution is 7.54. The lowest BCUT2D eigenvalue weighted by Gasteiger charge is -2.17. The topological polar surface area (TPSA) is 61.8 Å². The Balaban J connectivity index is 4.45. The average Bonchev–Trinajstić information content (AvgIpc) is 2.14. The van der Waals surface area contributed by atoms with E-state index in [1.807, 2.05) is 0 Å². The quantitative estimate of drug-likeness (QED) is 0.542. The van der Waals surface area contributed by atoms with E-state index in [0.717, 1.165) is 7.11 Å². The second kappa shape index (κ2) is 6.22. The van der Waals surface area contributed by atoms with Crippen LogP contribution in [0.1, 0.15) is 6.92 Å². The Kier molecular flexibility index (Phi) is 5.99. The Morgan fingerprint density at radius 1 is 1.31 bits per heavy atom.